The number of ether oxygens (including phenoxy) is 1. The topological polar surface area (TPSA) is 55.0 Å². The van der Waals surface area contributed by atoms with E-state index < -0.39 is 5.97 Å². The van der Waals surface area contributed by atoms with E-state index in [1.165, 1.54) is 12.7 Å². The summed E-state index contributed by atoms with van der Waals surface area (Å²) in [5, 5.41) is 6.78. The van der Waals surface area contributed by atoms with Crippen molar-refractivity contribution in [2.24, 2.45) is 0 Å². The van der Waals surface area contributed by atoms with Gasteiger partial charge in [-0.1, -0.05) is 29.8 Å². The molecular weight excluding hydrogens is 284 g/mol. The summed E-state index contributed by atoms with van der Waals surface area (Å²) in [6.07, 6.45) is 0. The Bertz CT molecular complexity index is 546. The van der Waals surface area contributed by atoms with Gasteiger partial charge in [0.25, 0.3) is 0 Å². The Morgan fingerprint density at radius 1 is 1.35 bits per heavy atom. The van der Waals surface area contributed by atoms with Crippen molar-refractivity contribution >= 4 is 21.9 Å². The summed E-state index contributed by atoms with van der Waals surface area (Å²) in [6, 6.07) is 7.90. The number of aromatic amines is 1. The van der Waals surface area contributed by atoms with Gasteiger partial charge in [-0.2, -0.15) is 5.10 Å². The van der Waals surface area contributed by atoms with Crippen LogP contribution in [-0.4, -0.2) is 23.3 Å². The maximum atomic E-state index is 11.4. The number of methoxy groups -OCH3 is 1. The summed E-state index contributed by atoms with van der Waals surface area (Å²) in [5.41, 5.74) is 3.14. The molecule has 2 aromatic rings. The molecule has 0 amide bonds. The molecule has 0 aliphatic rings. The number of hydrogen-bond acceptors (Lipinski definition) is 3. The zero-order valence-corrected chi connectivity index (χ0v) is 11.0. The zero-order valence-electron chi connectivity index (χ0n) is 9.45. The Morgan fingerprint density at radius 2 is 2.00 bits per heavy atom. The van der Waals surface area contributed by atoms with Crippen molar-refractivity contribution in [1.82, 2.24) is 10.2 Å². The van der Waals surface area contributed by atoms with Gasteiger partial charge in [-0.05, 0) is 22.9 Å². The van der Waals surface area contributed by atoms with Crippen LogP contribution in [0.5, 0.6) is 0 Å². The molecule has 2 rings (SSSR count). The lowest BCUT2D eigenvalue weighted by Gasteiger charge is -1.99. The molecule has 0 bridgehead atoms. The summed E-state index contributed by atoms with van der Waals surface area (Å²) < 4.78 is 5.26. The predicted molar refractivity (Wildman–Crippen MR) is 67.8 cm³/mol. The average molecular weight is 295 g/mol. The van der Waals surface area contributed by atoms with E-state index in [0.29, 0.717) is 15.9 Å². The summed E-state index contributed by atoms with van der Waals surface area (Å²) in [4.78, 5) is 11.4. The highest BCUT2D eigenvalue weighted by Crippen LogP contribution is 2.29. The molecule has 0 aliphatic carbocycles. The van der Waals surface area contributed by atoms with E-state index in [9.17, 15) is 4.79 Å². The Kier molecular flexibility index (Phi) is 3.28. The van der Waals surface area contributed by atoms with E-state index in [2.05, 4.69) is 30.9 Å². The normalized spacial score (nSPS) is 10.3. The second kappa shape index (κ2) is 4.71. The highest BCUT2D eigenvalue weighted by Gasteiger charge is 2.18. The third-order valence-electron chi connectivity index (χ3n) is 2.42. The predicted octanol–water partition coefficient (Wildman–Crippen LogP) is 2.93. The third kappa shape index (κ3) is 2.24. The van der Waals surface area contributed by atoms with Gasteiger partial charge in [0, 0.05) is 5.56 Å². The van der Waals surface area contributed by atoms with Crippen LogP contribution in [0, 0.1) is 6.92 Å². The van der Waals surface area contributed by atoms with Crippen molar-refractivity contribution in [2.45, 2.75) is 6.92 Å². The number of halogens is 1. The van der Waals surface area contributed by atoms with Crippen LogP contribution in [0.25, 0.3) is 11.3 Å². The third-order valence-corrected chi connectivity index (χ3v) is 3.19. The number of nitrogens with one attached hydrogen (secondary N) is 1. The van der Waals surface area contributed by atoms with Crippen molar-refractivity contribution in [3.8, 4) is 11.3 Å². The van der Waals surface area contributed by atoms with Crippen LogP contribution < -0.4 is 0 Å². The van der Waals surface area contributed by atoms with Crippen LogP contribution in [0.3, 0.4) is 0 Å². The van der Waals surface area contributed by atoms with E-state index in [0.717, 1.165) is 5.56 Å². The van der Waals surface area contributed by atoms with Gasteiger partial charge in [0.2, 0.25) is 0 Å². The Hall–Kier alpha value is -1.62. The molecule has 1 aromatic carbocycles. The van der Waals surface area contributed by atoms with Crippen molar-refractivity contribution in [3.05, 3.63) is 40.0 Å². The molecule has 0 atom stereocenters. The number of carbonyl (C=O) groups excluding carboxylic acids is 1. The second-order valence-electron chi connectivity index (χ2n) is 3.62. The molecule has 5 heteroatoms. The van der Waals surface area contributed by atoms with E-state index in [1.54, 1.807) is 0 Å². The molecule has 0 saturated heterocycles. The molecule has 1 heterocycles. The van der Waals surface area contributed by atoms with Gasteiger partial charge in [-0.25, -0.2) is 4.79 Å². The summed E-state index contributed by atoms with van der Waals surface area (Å²) in [6.45, 7) is 2.02. The lowest BCUT2D eigenvalue weighted by atomic mass is 10.1. The number of hydrogen-bond donors (Lipinski definition) is 1. The zero-order chi connectivity index (χ0) is 12.4. The first-order valence-corrected chi connectivity index (χ1v) is 5.82. The molecule has 0 fully saturated rings. The van der Waals surface area contributed by atoms with Crippen molar-refractivity contribution in [3.63, 3.8) is 0 Å². The van der Waals surface area contributed by atoms with E-state index >= 15 is 0 Å². The van der Waals surface area contributed by atoms with Gasteiger partial charge in [0.15, 0.2) is 5.69 Å². The molecule has 1 N–H and O–H groups in total. The molecular formula is C12H11BrN2O2. The number of nitrogens with zero attached hydrogens (tertiary/aromatic N) is 1. The van der Waals surface area contributed by atoms with E-state index in [4.69, 9.17) is 0 Å². The lowest BCUT2D eigenvalue weighted by molar-refractivity contribution is 0.0593. The number of rotatable bonds is 2. The molecule has 1 aromatic heterocycles. The maximum Gasteiger partial charge on any atom is 0.357 e. The number of H-pyrrole nitrogens is 1. The van der Waals surface area contributed by atoms with Gasteiger partial charge in [0.1, 0.15) is 5.69 Å². The Labute approximate surface area is 107 Å². The van der Waals surface area contributed by atoms with E-state index in [-0.39, 0.29) is 0 Å². The molecule has 0 spiro atoms. The van der Waals surface area contributed by atoms with Gasteiger partial charge < -0.3 is 4.74 Å². The molecule has 4 nitrogen and oxygen atoms in total. The first kappa shape index (κ1) is 11.9. The van der Waals surface area contributed by atoms with Crippen LogP contribution in [-0.2, 0) is 4.74 Å². The fourth-order valence-electron chi connectivity index (χ4n) is 1.47. The Morgan fingerprint density at radius 3 is 2.59 bits per heavy atom. The SMILES string of the molecule is COC(=O)c1[nH]nc(-c2ccc(C)cc2)c1Br. The number of aromatic nitrogens is 2. The quantitative estimate of drug-likeness (QED) is 0.867. The van der Waals surface area contributed by atoms with Gasteiger partial charge in [-0.15, -0.1) is 0 Å². The largest absolute Gasteiger partial charge is 0.464 e. The molecule has 0 aliphatic heterocycles. The average Bonchev–Trinajstić information content (AvgIpc) is 2.71. The van der Waals surface area contributed by atoms with Crippen LogP contribution in [0.2, 0.25) is 0 Å². The van der Waals surface area contributed by atoms with Crippen molar-refractivity contribution in [1.29, 1.82) is 0 Å². The molecule has 0 unspecified atom stereocenters. The Balaban J connectivity index is 2.44. The summed E-state index contributed by atoms with van der Waals surface area (Å²) >= 11 is 3.35. The van der Waals surface area contributed by atoms with Crippen LogP contribution >= 0.6 is 15.9 Å². The minimum absolute atomic E-state index is 0.322. The molecule has 88 valence electrons. The monoisotopic (exact) mass is 294 g/mol. The lowest BCUT2D eigenvalue weighted by Crippen LogP contribution is -2.02. The minimum Gasteiger partial charge on any atom is -0.464 e. The van der Waals surface area contributed by atoms with Crippen LogP contribution in [0.1, 0.15) is 16.1 Å². The standard InChI is InChI=1S/C12H11BrN2O2/c1-7-3-5-8(6-4-7)10-9(13)11(15-14-10)12(16)17-2/h3-6H,1-2H3,(H,14,15). The molecule has 0 radical (unpaired) electrons. The van der Waals surface area contributed by atoms with Crippen molar-refractivity contribution in [2.75, 3.05) is 7.11 Å². The summed E-state index contributed by atoms with van der Waals surface area (Å²) in [5.74, 6) is -0.442. The van der Waals surface area contributed by atoms with Gasteiger partial charge >= 0.3 is 5.97 Å². The highest BCUT2D eigenvalue weighted by molar-refractivity contribution is 9.10. The number of esters is 1. The summed E-state index contributed by atoms with van der Waals surface area (Å²) in [7, 11) is 1.33. The maximum absolute atomic E-state index is 11.4. The smallest absolute Gasteiger partial charge is 0.357 e. The first-order chi connectivity index (χ1) is 8.13. The number of carbonyl (C=O) groups is 1. The minimum atomic E-state index is -0.442. The van der Waals surface area contributed by atoms with Gasteiger partial charge in [-0.3, -0.25) is 5.10 Å². The van der Waals surface area contributed by atoms with Crippen LogP contribution in [0.15, 0.2) is 28.7 Å². The number of aryl methyl sites for hydroxylation is 1. The fourth-order valence-corrected chi connectivity index (χ4v) is 2.04. The van der Waals surface area contributed by atoms with E-state index in [1.807, 2.05) is 31.2 Å². The van der Waals surface area contributed by atoms with Crippen molar-refractivity contribution < 1.29 is 9.53 Å². The second-order valence-corrected chi connectivity index (χ2v) is 4.41. The number of benzene rings is 1. The molecule has 0 saturated carbocycles. The molecule has 17 heavy (non-hydrogen) atoms. The van der Waals surface area contributed by atoms with Crippen LogP contribution in [0.4, 0.5) is 0 Å². The fraction of sp³-hybridized carbons (Fsp3) is 0.167. The highest BCUT2D eigenvalue weighted by atomic mass is 79.9. The van der Waals surface area contributed by atoms with Gasteiger partial charge in [0.05, 0.1) is 11.6 Å². The first-order valence-electron chi connectivity index (χ1n) is 5.02.